The van der Waals surface area contributed by atoms with Crippen LogP contribution in [0.4, 0.5) is 0 Å². The van der Waals surface area contributed by atoms with Gasteiger partial charge in [0, 0.05) is 13.2 Å². The van der Waals surface area contributed by atoms with Crippen molar-refractivity contribution in [2.45, 2.75) is 26.7 Å². The Morgan fingerprint density at radius 2 is 1.44 bits per heavy atom. The predicted molar refractivity (Wildman–Crippen MR) is 40.0 cm³/mol. The SMILES string of the molecule is CC[CH]COC[CH]CC. The fourth-order valence-electron chi connectivity index (χ4n) is 0.470. The van der Waals surface area contributed by atoms with E-state index < -0.39 is 0 Å². The molecule has 0 aromatic carbocycles. The van der Waals surface area contributed by atoms with Gasteiger partial charge in [-0.05, 0) is 12.8 Å². The Hall–Kier alpha value is -0.0400. The summed E-state index contributed by atoms with van der Waals surface area (Å²) in [7, 11) is 0. The number of ether oxygens (including phenoxy) is 1. The highest BCUT2D eigenvalue weighted by Gasteiger charge is 1.85. The standard InChI is InChI=1S/C8H16O/c1-3-5-7-9-8-6-4-2/h5-6H,3-4,7-8H2,1-2H3. The second kappa shape index (κ2) is 7.96. The average Bonchev–Trinajstić information content (AvgIpc) is 1.89. The van der Waals surface area contributed by atoms with E-state index in [-0.39, 0.29) is 0 Å². The summed E-state index contributed by atoms with van der Waals surface area (Å²) in [5.41, 5.74) is 0. The molecule has 0 aromatic rings. The van der Waals surface area contributed by atoms with Crippen LogP contribution < -0.4 is 0 Å². The molecule has 0 spiro atoms. The maximum atomic E-state index is 5.20. The van der Waals surface area contributed by atoms with Gasteiger partial charge in [0.05, 0.1) is 0 Å². The van der Waals surface area contributed by atoms with Crippen LogP contribution >= 0.6 is 0 Å². The summed E-state index contributed by atoms with van der Waals surface area (Å²) in [5.74, 6) is 0. The Bertz CT molecular complexity index is 37.8. The highest BCUT2D eigenvalue weighted by atomic mass is 16.5. The summed E-state index contributed by atoms with van der Waals surface area (Å²) in [6.45, 7) is 5.83. The smallest absolute Gasteiger partial charge is 0.0497 e. The van der Waals surface area contributed by atoms with Crippen molar-refractivity contribution >= 4 is 0 Å². The molecule has 54 valence electrons. The lowest BCUT2D eigenvalue weighted by atomic mass is 10.3. The fraction of sp³-hybridized carbons (Fsp3) is 0.750. The van der Waals surface area contributed by atoms with Crippen molar-refractivity contribution in [2.75, 3.05) is 13.2 Å². The molecular formula is C8H16O. The van der Waals surface area contributed by atoms with Crippen LogP contribution in [0.25, 0.3) is 0 Å². The molecule has 1 nitrogen and oxygen atoms in total. The molecule has 2 radical (unpaired) electrons. The van der Waals surface area contributed by atoms with Crippen molar-refractivity contribution in [1.29, 1.82) is 0 Å². The van der Waals surface area contributed by atoms with Gasteiger partial charge in [-0.15, -0.1) is 0 Å². The van der Waals surface area contributed by atoms with Crippen LogP contribution in [0.5, 0.6) is 0 Å². The second-order valence-electron chi connectivity index (χ2n) is 1.93. The van der Waals surface area contributed by atoms with Gasteiger partial charge in [-0.25, -0.2) is 0 Å². The quantitative estimate of drug-likeness (QED) is 0.498. The molecule has 0 N–H and O–H groups in total. The van der Waals surface area contributed by atoms with E-state index in [0.29, 0.717) is 0 Å². The first-order valence-electron chi connectivity index (χ1n) is 3.62. The van der Waals surface area contributed by atoms with Crippen molar-refractivity contribution in [3.05, 3.63) is 12.8 Å². The Morgan fingerprint density at radius 1 is 1.00 bits per heavy atom. The molecule has 0 bridgehead atoms. The number of rotatable bonds is 6. The molecule has 0 aliphatic carbocycles. The minimum Gasteiger partial charge on any atom is -0.381 e. The number of hydrogen-bond acceptors (Lipinski definition) is 1. The minimum absolute atomic E-state index is 0.799. The lowest BCUT2D eigenvalue weighted by Gasteiger charge is -1.99. The van der Waals surface area contributed by atoms with Crippen molar-refractivity contribution in [1.82, 2.24) is 0 Å². The Kier molecular flexibility index (Phi) is 7.92. The van der Waals surface area contributed by atoms with Crippen LogP contribution in [0.1, 0.15) is 26.7 Å². The largest absolute Gasteiger partial charge is 0.381 e. The second-order valence-corrected chi connectivity index (χ2v) is 1.93. The van der Waals surface area contributed by atoms with Crippen molar-refractivity contribution in [3.8, 4) is 0 Å². The topological polar surface area (TPSA) is 9.23 Å². The fourth-order valence-corrected chi connectivity index (χ4v) is 0.470. The Balaban J connectivity index is 2.60. The van der Waals surface area contributed by atoms with E-state index in [4.69, 9.17) is 4.74 Å². The van der Waals surface area contributed by atoms with Crippen LogP contribution in [0.3, 0.4) is 0 Å². The van der Waals surface area contributed by atoms with E-state index >= 15 is 0 Å². The summed E-state index contributed by atoms with van der Waals surface area (Å²) < 4.78 is 5.20. The van der Waals surface area contributed by atoms with E-state index in [1.807, 2.05) is 0 Å². The molecule has 0 fully saturated rings. The van der Waals surface area contributed by atoms with Gasteiger partial charge in [0.25, 0.3) is 0 Å². The van der Waals surface area contributed by atoms with Gasteiger partial charge >= 0.3 is 0 Å². The molecule has 0 saturated heterocycles. The normalized spacial score (nSPS) is 10.0. The molecule has 0 rings (SSSR count). The first-order valence-corrected chi connectivity index (χ1v) is 3.62. The van der Waals surface area contributed by atoms with Crippen LogP contribution in [0, 0.1) is 12.8 Å². The van der Waals surface area contributed by atoms with Crippen molar-refractivity contribution < 1.29 is 4.74 Å². The Morgan fingerprint density at radius 3 is 1.78 bits per heavy atom. The molecule has 0 saturated carbocycles. The Labute approximate surface area is 58.4 Å². The summed E-state index contributed by atoms with van der Waals surface area (Å²) in [5, 5.41) is 0. The van der Waals surface area contributed by atoms with Gasteiger partial charge in [0.2, 0.25) is 0 Å². The zero-order chi connectivity index (χ0) is 6.95. The lowest BCUT2D eigenvalue weighted by Crippen LogP contribution is -1.96. The van der Waals surface area contributed by atoms with E-state index in [9.17, 15) is 0 Å². The zero-order valence-corrected chi connectivity index (χ0v) is 6.39. The molecule has 0 aliphatic heterocycles. The van der Waals surface area contributed by atoms with Gasteiger partial charge in [-0.2, -0.15) is 0 Å². The highest BCUT2D eigenvalue weighted by molar-refractivity contribution is 4.62. The molecular weight excluding hydrogens is 112 g/mol. The lowest BCUT2D eigenvalue weighted by molar-refractivity contribution is 0.172. The van der Waals surface area contributed by atoms with E-state index in [2.05, 4.69) is 26.7 Å². The third-order valence-corrected chi connectivity index (χ3v) is 1.05. The summed E-state index contributed by atoms with van der Waals surface area (Å²) >= 11 is 0. The maximum absolute atomic E-state index is 5.20. The third-order valence-electron chi connectivity index (χ3n) is 1.05. The molecule has 0 atom stereocenters. The maximum Gasteiger partial charge on any atom is 0.0497 e. The molecule has 9 heavy (non-hydrogen) atoms. The van der Waals surface area contributed by atoms with Gasteiger partial charge in [0.15, 0.2) is 0 Å². The molecule has 0 amide bonds. The van der Waals surface area contributed by atoms with E-state index in [1.165, 1.54) is 0 Å². The van der Waals surface area contributed by atoms with Crippen molar-refractivity contribution in [2.24, 2.45) is 0 Å². The van der Waals surface area contributed by atoms with Gasteiger partial charge in [-0.3, -0.25) is 0 Å². The summed E-state index contributed by atoms with van der Waals surface area (Å²) in [4.78, 5) is 0. The first-order chi connectivity index (χ1) is 4.41. The van der Waals surface area contributed by atoms with Crippen molar-refractivity contribution in [3.63, 3.8) is 0 Å². The van der Waals surface area contributed by atoms with E-state index in [1.54, 1.807) is 0 Å². The number of unbranched alkanes of at least 4 members (excludes halogenated alkanes) is 2. The molecule has 1 heteroatoms. The van der Waals surface area contributed by atoms with Gasteiger partial charge < -0.3 is 4.74 Å². The van der Waals surface area contributed by atoms with Crippen LogP contribution in [0.2, 0.25) is 0 Å². The predicted octanol–water partition coefficient (Wildman–Crippen LogP) is 2.23. The van der Waals surface area contributed by atoms with Crippen LogP contribution in [0.15, 0.2) is 0 Å². The average molecular weight is 128 g/mol. The molecule has 0 unspecified atom stereocenters. The monoisotopic (exact) mass is 128 g/mol. The van der Waals surface area contributed by atoms with E-state index in [0.717, 1.165) is 26.1 Å². The molecule has 0 heterocycles. The number of hydrogen-bond donors (Lipinski definition) is 0. The van der Waals surface area contributed by atoms with Crippen LogP contribution in [-0.2, 0) is 4.74 Å². The highest BCUT2D eigenvalue weighted by Crippen LogP contribution is 1.89. The third kappa shape index (κ3) is 7.96. The minimum atomic E-state index is 0.799. The van der Waals surface area contributed by atoms with Gasteiger partial charge in [0.1, 0.15) is 0 Å². The first kappa shape index (κ1) is 8.96. The van der Waals surface area contributed by atoms with Crippen LogP contribution in [-0.4, -0.2) is 13.2 Å². The molecule has 0 aliphatic rings. The summed E-state index contributed by atoms with van der Waals surface area (Å²) in [6, 6.07) is 0. The van der Waals surface area contributed by atoms with Gasteiger partial charge in [-0.1, -0.05) is 26.7 Å². The molecule has 0 aromatic heterocycles. The zero-order valence-electron chi connectivity index (χ0n) is 6.39. The summed E-state index contributed by atoms with van der Waals surface area (Å²) in [6.07, 6.45) is 6.46.